The summed E-state index contributed by atoms with van der Waals surface area (Å²) in [4.78, 5) is 20.5. The summed E-state index contributed by atoms with van der Waals surface area (Å²) in [6.45, 7) is 0.628. The summed E-state index contributed by atoms with van der Waals surface area (Å²) in [5.41, 5.74) is 2.47. The Morgan fingerprint density at radius 2 is 1.96 bits per heavy atom. The lowest BCUT2D eigenvalue weighted by Crippen LogP contribution is -2.25. The van der Waals surface area contributed by atoms with E-state index in [1.54, 1.807) is 18.2 Å². The molecular weight excluding hydrogens is 371 g/mol. The highest BCUT2D eigenvalue weighted by Crippen LogP contribution is 2.27. The van der Waals surface area contributed by atoms with E-state index in [0.29, 0.717) is 33.8 Å². The number of hydrogen-bond acceptors (Lipinski definition) is 4. The molecule has 2 aromatic rings. The number of benzene rings is 1. The van der Waals surface area contributed by atoms with E-state index in [4.69, 9.17) is 23.2 Å². The molecule has 0 saturated carbocycles. The predicted octanol–water partition coefficient (Wildman–Crippen LogP) is 5.15. The molecule has 1 heterocycles. The quantitative estimate of drug-likeness (QED) is 0.669. The predicted molar refractivity (Wildman–Crippen MR) is 105 cm³/mol. The van der Waals surface area contributed by atoms with Crippen molar-refractivity contribution < 1.29 is 4.79 Å². The maximum atomic E-state index is 12.2. The van der Waals surface area contributed by atoms with E-state index in [1.807, 2.05) is 0 Å². The van der Waals surface area contributed by atoms with E-state index in [1.165, 1.54) is 30.8 Å². The van der Waals surface area contributed by atoms with Crippen LogP contribution < -0.4 is 10.6 Å². The normalized spacial score (nSPS) is 13.8. The minimum Gasteiger partial charge on any atom is -0.352 e. The second kappa shape index (κ2) is 9.01. The summed E-state index contributed by atoms with van der Waals surface area (Å²) in [5.74, 6) is 0.173. The van der Waals surface area contributed by atoms with Crippen molar-refractivity contribution in [3.05, 3.63) is 57.9 Å². The number of halogens is 2. The van der Waals surface area contributed by atoms with Gasteiger partial charge in [-0.15, -0.1) is 0 Å². The van der Waals surface area contributed by atoms with Crippen LogP contribution in [-0.2, 0) is 0 Å². The van der Waals surface area contributed by atoms with Crippen molar-refractivity contribution in [1.82, 2.24) is 15.3 Å². The Kier molecular flexibility index (Phi) is 6.47. The molecule has 3 rings (SSSR count). The molecule has 0 atom stereocenters. The van der Waals surface area contributed by atoms with Gasteiger partial charge in [0.15, 0.2) is 0 Å². The molecule has 26 heavy (non-hydrogen) atoms. The second-order valence-electron chi connectivity index (χ2n) is 6.16. The van der Waals surface area contributed by atoms with Crippen molar-refractivity contribution in [1.29, 1.82) is 0 Å². The number of amides is 1. The Bertz CT molecular complexity index is 806. The van der Waals surface area contributed by atoms with Crippen LogP contribution in [-0.4, -0.2) is 22.4 Å². The average molecular weight is 391 g/mol. The summed E-state index contributed by atoms with van der Waals surface area (Å²) in [7, 11) is 0. The van der Waals surface area contributed by atoms with Gasteiger partial charge < -0.3 is 10.6 Å². The van der Waals surface area contributed by atoms with Crippen molar-refractivity contribution in [2.45, 2.75) is 32.1 Å². The fourth-order valence-electron chi connectivity index (χ4n) is 2.79. The summed E-state index contributed by atoms with van der Waals surface area (Å²) in [5, 5.41) is 6.97. The Labute approximate surface area is 162 Å². The lowest BCUT2D eigenvalue weighted by molar-refractivity contribution is 0.0953. The molecule has 1 aliphatic carbocycles. The molecule has 7 heteroatoms. The van der Waals surface area contributed by atoms with Crippen LogP contribution in [0.1, 0.15) is 42.5 Å². The molecular formula is C19H20Cl2N4O. The van der Waals surface area contributed by atoms with Crippen molar-refractivity contribution in [3.63, 3.8) is 0 Å². The van der Waals surface area contributed by atoms with Gasteiger partial charge in [0.2, 0.25) is 5.95 Å². The SMILES string of the molecule is O=C(NCCC1=CCCCC1)c1cnc(Nc2cc(Cl)ccc2Cl)nc1. The molecule has 1 aromatic carbocycles. The van der Waals surface area contributed by atoms with E-state index in [2.05, 4.69) is 26.7 Å². The Morgan fingerprint density at radius 1 is 1.15 bits per heavy atom. The Balaban J connectivity index is 1.54. The maximum absolute atomic E-state index is 12.2. The van der Waals surface area contributed by atoms with Crippen LogP contribution in [0.15, 0.2) is 42.2 Å². The largest absolute Gasteiger partial charge is 0.352 e. The number of anilines is 2. The molecule has 1 aromatic heterocycles. The Hall–Kier alpha value is -2.11. The lowest BCUT2D eigenvalue weighted by Gasteiger charge is -2.13. The van der Waals surface area contributed by atoms with Gasteiger partial charge in [-0.1, -0.05) is 34.9 Å². The number of nitrogens with one attached hydrogen (secondary N) is 2. The minimum atomic E-state index is -0.172. The van der Waals surface area contributed by atoms with Gasteiger partial charge in [-0.3, -0.25) is 4.79 Å². The van der Waals surface area contributed by atoms with Gasteiger partial charge in [0.1, 0.15) is 0 Å². The molecule has 0 aliphatic heterocycles. The van der Waals surface area contributed by atoms with Crippen LogP contribution in [0.25, 0.3) is 0 Å². The van der Waals surface area contributed by atoms with E-state index < -0.39 is 0 Å². The number of hydrogen-bond donors (Lipinski definition) is 2. The van der Waals surface area contributed by atoms with Crippen molar-refractivity contribution in [2.24, 2.45) is 0 Å². The van der Waals surface area contributed by atoms with E-state index >= 15 is 0 Å². The molecule has 2 N–H and O–H groups in total. The first-order valence-electron chi connectivity index (χ1n) is 8.62. The molecule has 0 fully saturated rings. The second-order valence-corrected chi connectivity index (χ2v) is 7.00. The summed E-state index contributed by atoms with van der Waals surface area (Å²) in [6.07, 6.45) is 11.0. The van der Waals surface area contributed by atoms with Gasteiger partial charge in [0.05, 0.1) is 16.3 Å². The Morgan fingerprint density at radius 3 is 2.69 bits per heavy atom. The molecule has 0 spiro atoms. The lowest BCUT2D eigenvalue weighted by atomic mass is 9.97. The third kappa shape index (κ3) is 5.19. The molecule has 1 amide bonds. The fraction of sp³-hybridized carbons (Fsp3) is 0.316. The third-order valence-corrected chi connectivity index (χ3v) is 4.77. The highest BCUT2D eigenvalue weighted by molar-refractivity contribution is 6.35. The zero-order valence-corrected chi connectivity index (χ0v) is 15.8. The third-order valence-electron chi connectivity index (χ3n) is 4.21. The van der Waals surface area contributed by atoms with E-state index in [9.17, 15) is 4.79 Å². The summed E-state index contributed by atoms with van der Waals surface area (Å²) < 4.78 is 0. The summed E-state index contributed by atoms with van der Waals surface area (Å²) >= 11 is 12.1. The van der Waals surface area contributed by atoms with Gasteiger partial charge in [-0.05, 0) is 50.3 Å². The topological polar surface area (TPSA) is 66.9 Å². The molecule has 1 aliphatic rings. The van der Waals surface area contributed by atoms with Crippen LogP contribution in [0.5, 0.6) is 0 Å². The highest BCUT2D eigenvalue weighted by atomic mass is 35.5. The monoisotopic (exact) mass is 390 g/mol. The molecule has 136 valence electrons. The van der Waals surface area contributed by atoms with Gasteiger partial charge in [0, 0.05) is 24.0 Å². The molecule has 0 saturated heterocycles. The first-order valence-corrected chi connectivity index (χ1v) is 9.37. The van der Waals surface area contributed by atoms with Crippen molar-refractivity contribution in [3.8, 4) is 0 Å². The van der Waals surface area contributed by atoms with Crippen LogP contribution in [0.3, 0.4) is 0 Å². The van der Waals surface area contributed by atoms with Gasteiger partial charge in [-0.2, -0.15) is 0 Å². The van der Waals surface area contributed by atoms with E-state index in [-0.39, 0.29) is 5.91 Å². The smallest absolute Gasteiger partial charge is 0.254 e. The highest BCUT2D eigenvalue weighted by Gasteiger charge is 2.09. The first kappa shape index (κ1) is 18.7. The van der Waals surface area contributed by atoms with Gasteiger partial charge in [-0.25, -0.2) is 9.97 Å². The standard InChI is InChI=1S/C19H20Cl2N4O/c20-15-6-7-16(21)17(10-15)25-19-23-11-14(12-24-19)18(26)22-9-8-13-4-2-1-3-5-13/h4,6-7,10-12H,1-3,5,8-9H2,(H,22,26)(H,23,24,25). The van der Waals surface area contributed by atoms with Crippen LogP contribution >= 0.6 is 23.2 Å². The molecule has 0 bridgehead atoms. The van der Waals surface area contributed by atoms with E-state index in [0.717, 1.165) is 19.3 Å². The molecule has 5 nitrogen and oxygen atoms in total. The molecule has 0 unspecified atom stereocenters. The number of nitrogens with zero attached hydrogens (tertiary/aromatic N) is 2. The maximum Gasteiger partial charge on any atom is 0.254 e. The minimum absolute atomic E-state index is 0.172. The van der Waals surface area contributed by atoms with Crippen LogP contribution in [0.2, 0.25) is 10.0 Å². The van der Waals surface area contributed by atoms with Crippen molar-refractivity contribution >= 4 is 40.7 Å². The van der Waals surface area contributed by atoms with Crippen molar-refractivity contribution in [2.75, 3.05) is 11.9 Å². The number of allylic oxidation sites excluding steroid dienone is 1. The van der Waals surface area contributed by atoms with Gasteiger partial charge in [0.25, 0.3) is 5.91 Å². The number of rotatable bonds is 6. The molecule has 0 radical (unpaired) electrons. The zero-order chi connectivity index (χ0) is 18.4. The number of carbonyl (C=O) groups is 1. The summed E-state index contributed by atoms with van der Waals surface area (Å²) in [6, 6.07) is 5.08. The number of aromatic nitrogens is 2. The van der Waals surface area contributed by atoms with Crippen LogP contribution in [0, 0.1) is 0 Å². The average Bonchev–Trinajstić information content (AvgIpc) is 2.66. The fourth-order valence-corrected chi connectivity index (χ4v) is 3.13. The first-order chi connectivity index (χ1) is 12.6. The van der Waals surface area contributed by atoms with Crippen LogP contribution in [0.4, 0.5) is 11.6 Å². The number of carbonyl (C=O) groups excluding carboxylic acids is 1. The zero-order valence-electron chi connectivity index (χ0n) is 14.3. The van der Waals surface area contributed by atoms with Gasteiger partial charge >= 0.3 is 0 Å².